The van der Waals surface area contributed by atoms with Crippen LogP contribution in [-0.4, -0.2) is 11.0 Å². The SMILES string of the molecule is CC(CC(=O)Nc1cccc(CO)c1)c1cccc(F)c1. The molecule has 0 heterocycles. The maximum Gasteiger partial charge on any atom is 0.224 e. The smallest absolute Gasteiger partial charge is 0.224 e. The molecule has 0 saturated heterocycles. The summed E-state index contributed by atoms with van der Waals surface area (Å²) in [7, 11) is 0. The Bertz CT molecular complexity index is 628. The first kappa shape index (κ1) is 15.2. The van der Waals surface area contributed by atoms with Crippen LogP contribution in [0.5, 0.6) is 0 Å². The van der Waals surface area contributed by atoms with Crippen LogP contribution >= 0.6 is 0 Å². The van der Waals surface area contributed by atoms with Gasteiger partial charge in [0, 0.05) is 12.1 Å². The molecule has 4 heteroatoms. The first-order chi connectivity index (χ1) is 10.1. The van der Waals surface area contributed by atoms with Crippen molar-refractivity contribution >= 4 is 11.6 Å². The minimum atomic E-state index is -0.296. The molecule has 21 heavy (non-hydrogen) atoms. The van der Waals surface area contributed by atoms with Crippen molar-refractivity contribution in [2.24, 2.45) is 0 Å². The number of aliphatic hydroxyl groups is 1. The van der Waals surface area contributed by atoms with E-state index in [1.807, 2.05) is 13.0 Å². The van der Waals surface area contributed by atoms with E-state index in [0.29, 0.717) is 5.69 Å². The van der Waals surface area contributed by atoms with E-state index in [1.54, 1.807) is 30.3 Å². The van der Waals surface area contributed by atoms with Gasteiger partial charge in [0.2, 0.25) is 5.91 Å². The average Bonchev–Trinajstić information content (AvgIpc) is 2.47. The van der Waals surface area contributed by atoms with Crippen molar-refractivity contribution in [1.29, 1.82) is 0 Å². The Hall–Kier alpha value is -2.20. The van der Waals surface area contributed by atoms with Crippen molar-refractivity contribution in [2.75, 3.05) is 5.32 Å². The molecule has 0 radical (unpaired) electrons. The first-order valence-electron chi connectivity index (χ1n) is 6.83. The maximum atomic E-state index is 13.2. The van der Waals surface area contributed by atoms with E-state index in [4.69, 9.17) is 5.11 Å². The quantitative estimate of drug-likeness (QED) is 0.885. The number of hydrogen-bond donors (Lipinski definition) is 2. The Balaban J connectivity index is 1.97. The Morgan fingerprint density at radius 1 is 1.24 bits per heavy atom. The predicted molar refractivity (Wildman–Crippen MR) is 80.4 cm³/mol. The van der Waals surface area contributed by atoms with Crippen molar-refractivity contribution in [3.05, 3.63) is 65.5 Å². The molecule has 2 aromatic carbocycles. The monoisotopic (exact) mass is 287 g/mol. The number of halogens is 1. The minimum Gasteiger partial charge on any atom is -0.392 e. The van der Waals surface area contributed by atoms with E-state index in [2.05, 4.69) is 5.32 Å². The highest BCUT2D eigenvalue weighted by Gasteiger charge is 2.12. The van der Waals surface area contributed by atoms with Crippen molar-refractivity contribution < 1.29 is 14.3 Å². The van der Waals surface area contributed by atoms with Crippen molar-refractivity contribution in [2.45, 2.75) is 25.9 Å². The van der Waals surface area contributed by atoms with Gasteiger partial charge >= 0.3 is 0 Å². The zero-order chi connectivity index (χ0) is 15.2. The molecule has 0 aromatic heterocycles. The van der Waals surface area contributed by atoms with Crippen LogP contribution in [0.25, 0.3) is 0 Å². The molecule has 0 bridgehead atoms. The van der Waals surface area contributed by atoms with Crippen LogP contribution in [0, 0.1) is 5.82 Å². The van der Waals surface area contributed by atoms with E-state index in [0.717, 1.165) is 11.1 Å². The summed E-state index contributed by atoms with van der Waals surface area (Å²) in [5.74, 6) is -0.501. The molecular formula is C17H18FNO2. The van der Waals surface area contributed by atoms with Crippen molar-refractivity contribution in [3.8, 4) is 0 Å². The number of rotatable bonds is 5. The Kier molecular flexibility index (Phi) is 5.06. The lowest BCUT2D eigenvalue weighted by Gasteiger charge is -2.12. The van der Waals surface area contributed by atoms with Crippen LogP contribution in [0.2, 0.25) is 0 Å². The molecule has 0 aliphatic carbocycles. The fourth-order valence-corrected chi connectivity index (χ4v) is 2.17. The van der Waals surface area contributed by atoms with Crippen molar-refractivity contribution in [3.63, 3.8) is 0 Å². The van der Waals surface area contributed by atoms with Gasteiger partial charge in [0.1, 0.15) is 5.82 Å². The van der Waals surface area contributed by atoms with E-state index in [1.165, 1.54) is 12.1 Å². The molecule has 110 valence electrons. The molecule has 1 atom stereocenters. The first-order valence-corrected chi connectivity index (χ1v) is 6.83. The van der Waals surface area contributed by atoms with E-state index >= 15 is 0 Å². The number of amides is 1. The zero-order valence-corrected chi connectivity index (χ0v) is 11.8. The third-order valence-electron chi connectivity index (χ3n) is 3.30. The number of carbonyl (C=O) groups is 1. The molecular weight excluding hydrogens is 269 g/mol. The molecule has 1 amide bonds. The van der Waals surface area contributed by atoms with Gasteiger partial charge in [-0.15, -0.1) is 0 Å². The molecule has 2 aromatic rings. The Morgan fingerprint density at radius 3 is 2.71 bits per heavy atom. The average molecular weight is 287 g/mol. The third-order valence-corrected chi connectivity index (χ3v) is 3.30. The van der Waals surface area contributed by atoms with Gasteiger partial charge in [-0.2, -0.15) is 0 Å². The second kappa shape index (κ2) is 6.99. The van der Waals surface area contributed by atoms with Crippen LogP contribution < -0.4 is 5.32 Å². The topological polar surface area (TPSA) is 49.3 Å². The van der Waals surface area contributed by atoms with Gasteiger partial charge in [-0.25, -0.2) is 4.39 Å². The van der Waals surface area contributed by atoms with Gasteiger partial charge in [0.05, 0.1) is 6.61 Å². The maximum absolute atomic E-state index is 13.2. The van der Waals surface area contributed by atoms with E-state index in [9.17, 15) is 9.18 Å². The number of hydrogen-bond acceptors (Lipinski definition) is 2. The standard InChI is InChI=1S/C17H18FNO2/c1-12(14-5-3-6-15(18)10-14)8-17(21)19-16-7-2-4-13(9-16)11-20/h2-7,9-10,12,20H,8,11H2,1H3,(H,19,21). The number of carbonyl (C=O) groups excluding carboxylic acids is 1. The molecule has 0 fully saturated rings. The highest BCUT2D eigenvalue weighted by Crippen LogP contribution is 2.20. The van der Waals surface area contributed by atoms with Crippen molar-refractivity contribution in [1.82, 2.24) is 0 Å². The second-order valence-electron chi connectivity index (χ2n) is 5.07. The summed E-state index contributed by atoms with van der Waals surface area (Å²) in [6.07, 6.45) is 0.271. The minimum absolute atomic E-state index is 0.0661. The summed E-state index contributed by atoms with van der Waals surface area (Å²) in [4.78, 5) is 12.0. The van der Waals surface area contributed by atoms with Gasteiger partial charge in [-0.1, -0.05) is 31.2 Å². The van der Waals surface area contributed by atoms with Crippen LogP contribution in [0.4, 0.5) is 10.1 Å². The summed E-state index contributed by atoms with van der Waals surface area (Å²) in [5.41, 5.74) is 2.19. The fourth-order valence-electron chi connectivity index (χ4n) is 2.17. The Labute approximate surface area is 123 Å². The number of anilines is 1. The van der Waals surface area contributed by atoms with Crippen LogP contribution in [0.1, 0.15) is 30.4 Å². The summed E-state index contributed by atoms with van der Waals surface area (Å²) < 4.78 is 13.2. The van der Waals surface area contributed by atoms with Gasteiger partial charge in [-0.3, -0.25) is 4.79 Å². The molecule has 2 rings (SSSR count). The predicted octanol–water partition coefficient (Wildman–Crippen LogP) is 3.45. The molecule has 0 aliphatic rings. The summed E-state index contributed by atoms with van der Waals surface area (Å²) >= 11 is 0. The lowest BCUT2D eigenvalue weighted by Crippen LogP contribution is -2.14. The number of aliphatic hydroxyl groups excluding tert-OH is 1. The lowest BCUT2D eigenvalue weighted by atomic mass is 9.97. The number of nitrogens with one attached hydrogen (secondary N) is 1. The van der Waals surface area contributed by atoms with Gasteiger partial charge < -0.3 is 10.4 Å². The van der Waals surface area contributed by atoms with Crippen LogP contribution in [0.3, 0.4) is 0 Å². The highest BCUT2D eigenvalue weighted by molar-refractivity contribution is 5.91. The van der Waals surface area contributed by atoms with E-state index < -0.39 is 0 Å². The lowest BCUT2D eigenvalue weighted by molar-refractivity contribution is -0.116. The van der Waals surface area contributed by atoms with Crippen LogP contribution in [-0.2, 0) is 11.4 Å². The summed E-state index contributed by atoms with van der Waals surface area (Å²) in [6.45, 7) is 1.82. The van der Waals surface area contributed by atoms with Gasteiger partial charge in [-0.05, 0) is 41.3 Å². The Morgan fingerprint density at radius 2 is 2.00 bits per heavy atom. The third kappa shape index (κ3) is 4.39. The zero-order valence-electron chi connectivity index (χ0n) is 11.8. The van der Waals surface area contributed by atoms with E-state index in [-0.39, 0.29) is 30.7 Å². The molecule has 0 saturated carbocycles. The van der Waals surface area contributed by atoms with Crippen LogP contribution in [0.15, 0.2) is 48.5 Å². The molecule has 0 spiro atoms. The molecule has 1 unspecified atom stereocenters. The molecule has 0 aliphatic heterocycles. The number of benzene rings is 2. The largest absolute Gasteiger partial charge is 0.392 e. The van der Waals surface area contributed by atoms with Gasteiger partial charge in [0.15, 0.2) is 0 Å². The molecule has 2 N–H and O–H groups in total. The second-order valence-corrected chi connectivity index (χ2v) is 5.07. The summed E-state index contributed by atoms with van der Waals surface area (Å²) in [5, 5.41) is 11.9. The van der Waals surface area contributed by atoms with Gasteiger partial charge in [0.25, 0.3) is 0 Å². The summed E-state index contributed by atoms with van der Waals surface area (Å²) in [6, 6.07) is 13.3. The highest BCUT2D eigenvalue weighted by atomic mass is 19.1. The molecule has 3 nitrogen and oxygen atoms in total. The fraction of sp³-hybridized carbons (Fsp3) is 0.235. The normalized spacial score (nSPS) is 12.0.